The number of hydrogen-bond donors (Lipinski definition) is 0. The Balaban J connectivity index is 0.00000270. The number of amides is 1. The quantitative estimate of drug-likeness (QED) is 0.242. The van der Waals surface area contributed by atoms with E-state index in [2.05, 4.69) is 92.3 Å². The van der Waals surface area contributed by atoms with Gasteiger partial charge >= 0.3 is 6.01 Å². The summed E-state index contributed by atoms with van der Waals surface area (Å²) < 4.78 is 23.3. The van der Waals surface area contributed by atoms with Crippen molar-refractivity contribution >= 4 is 30.7 Å². The number of halogens is 2. The first-order valence-electron chi connectivity index (χ1n) is 17.0. The number of fused-ring (bicyclic) bond motifs is 1. The van der Waals surface area contributed by atoms with Gasteiger partial charge in [0.1, 0.15) is 0 Å². The second-order valence-corrected chi connectivity index (χ2v) is 13.2. The molecule has 4 heterocycles. The molecule has 0 saturated carbocycles. The van der Waals surface area contributed by atoms with Gasteiger partial charge in [0.15, 0.2) is 0 Å². The minimum Gasteiger partial charge on any atom is -0.481 e. The van der Waals surface area contributed by atoms with Gasteiger partial charge < -0.3 is 23.8 Å². The van der Waals surface area contributed by atoms with E-state index in [1.54, 1.807) is 7.11 Å². The first-order chi connectivity index (χ1) is 22.9. The van der Waals surface area contributed by atoms with Crippen LogP contribution in [0.4, 0.5) is 0 Å². The maximum Gasteiger partial charge on any atom is 0.323 e. The average molecular weight is 717 g/mol. The van der Waals surface area contributed by atoms with E-state index in [0.29, 0.717) is 44.7 Å². The fourth-order valence-corrected chi connectivity index (χ4v) is 7.41. The van der Waals surface area contributed by atoms with E-state index in [-0.39, 0.29) is 66.3 Å². The van der Waals surface area contributed by atoms with Gasteiger partial charge in [0.2, 0.25) is 17.7 Å². The van der Waals surface area contributed by atoms with Crippen LogP contribution in [0.2, 0.25) is 0 Å². The maximum atomic E-state index is 13.9. The number of nitrogens with zero attached hydrogens (tertiary/aromatic N) is 5. The lowest BCUT2D eigenvalue weighted by atomic mass is 9.80. The molecule has 0 radical (unpaired) electrons. The number of piperazine rings is 2. The highest BCUT2D eigenvalue weighted by Gasteiger charge is 2.49. The highest BCUT2D eigenvalue weighted by molar-refractivity contribution is 5.85. The zero-order chi connectivity index (χ0) is 33.0. The summed E-state index contributed by atoms with van der Waals surface area (Å²) in [4.78, 5) is 30.4. The van der Waals surface area contributed by atoms with Gasteiger partial charge in [-0.3, -0.25) is 14.6 Å². The van der Waals surface area contributed by atoms with Crippen LogP contribution in [-0.4, -0.2) is 108 Å². The van der Waals surface area contributed by atoms with Crippen LogP contribution in [0.25, 0.3) is 0 Å². The second kappa shape index (κ2) is 17.2. The monoisotopic (exact) mass is 715 g/mol. The number of aromatic nitrogens is 2. The molecule has 2 aromatic carbocycles. The molecule has 1 amide bonds. The molecular weight excluding hydrogens is 665 g/mol. The minimum absolute atomic E-state index is 0. The Morgan fingerprint density at radius 1 is 0.918 bits per heavy atom. The zero-order valence-corrected chi connectivity index (χ0v) is 30.9. The number of methoxy groups -OCH3 is 1. The SMILES string of the molecule is CCOc1nc(OC)c(CN2CC3CN(C(=O)C4(CC)COC4)CCN3C(C(c3ccccc3)c3ccccc3)C2)c(OC(C)C)n1.Cl.Cl. The van der Waals surface area contributed by atoms with Crippen molar-refractivity contribution in [2.24, 2.45) is 5.41 Å². The Morgan fingerprint density at radius 3 is 2.08 bits per heavy atom. The molecule has 3 aromatic rings. The van der Waals surface area contributed by atoms with Gasteiger partial charge in [0, 0.05) is 57.3 Å². The highest BCUT2D eigenvalue weighted by Crippen LogP contribution is 2.39. The van der Waals surface area contributed by atoms with Crippen molar-refractivity contribution in [3.05, 3.63) is 77.4 Å². The number of hydrogen-bond acceptors (Lipinski definition) is 9. The molecule has 0 aliphatic carbocycles. The Labute approximate surface area is 303 Å². The molecule has 3 saturated heterocycles. The van der Waals surface area contributed by atoms with E-state index < -0.39 is 0 Å². The molecule has 3 aliphatic rings. The molecule has 6 rings (SSSR count). The van der Waals surface area contributed by atoms with Crippen LogP contribution >= 0.6 is 24.8 Å². The van der Waals surface area contributed by atoms with E-state index in [1.165, 1.54) is 11.1 Å². The number of carbonyl (C=O) groups is 1. The third-order valence-electron chi connectivity index (χ3n) is 9.85. The Kier molecular flexibility index (Phi) is 13.6. The van der Waals surface area contributed by atoms with Gasteiger partial charge in [-0.05, 0) is 38.3 Å². The molecule has 0 spiro atoms. The average Bonchev–Trinajstić information content (AvgIpc) is 3.06. The largest absolute Gasteiger partial charge is 0.481 e. The van der Waals surface area contributed by atoms with E-state index >= 15 is 0 Å². The number of ether oxygens (including phenoxy) is 4. The first kappa shape index (κ1) is 38.6. The summed E-state index contributed by atoms with van der Waals surface area (Å²) in [7, 11) is 1.63. The van der Waals surface area contributed by atoms with E-state index in [9.17, 15) is 4.79 Å². The van der Waals surface area contributed by atoms with E-state index in [0.717, 1.165) is 38.2 Å². The van der Waals surface area contributed by atoms with Crippen LogP contribution in [0.3, 0.4) is 0 Å². The van der Waals surface area contributed by atoms with Crippen LogP contribution in [0, 0.1) is 5.41 Å². The van der Waals surface area contributed by atoms with Crippen molar-refractivity contribution in [3.63, 3.8) is 0 Å². The molecule has 268 valence electrons. The highest BCUT2D eigenvalue weighted by atomic mass is 35.5. The van der Waals surface area contributed by atoms with Gasteiger partial charge in [-0.2, -0.15) is 9.97 Å². The maximum absolute atomic E-state index is 13.9. The third-order valence-corrected chi connectivity index (χ3v) is 9.85. The zero-order valence-electron chi connectivity index (χ0n) is 29.2. The van der Waals surface area contributed by atoms with Crippen molar-refractivity contribution in [3.8, 4) is 17.8 Å². The van der Waals surface area contributed by atoms with E-state index in [4.69, 9.17) is 18.9 Å². The standard InChI is InChI=1S/C37H49N5O5.2ClH/c1-6-37(24-45-25-37)35(43)41-18-19-42-29(21-41)20-40(22-30-33(44-5)38-36(46-7-2)39-34(30)47-26(3)4)23-31(42)32(27-14-10-8-11-15-27)28-16-12-9-13-17-28;;/h8-17,26,29,31-32H,6-7,18-25H2,1-5H3;2*1H. The van der Waals surface area contributed by atoms with Gasteiger partial charge in [0.05, 0.1) is 44.0 Å². The van der Waals surface area contributed by atoms with Crippen molar-refractivity contribution < 1.29 is 23.7 Å². The van der Waals surface area contributed by atoms with Crippen LogP contribution in [-0.2, 0) is 16.1 Å². The third kappa shape index (κ3) is 8.26. The first-order valence-corrected chi connectivity index (χ1v) is 17.0. The lowest BCUT2D eigenvalue weighted by Crippen LogP contribution is -2.69. The normalized spacial score (nSPS) is 20.4. The summed E-state index contributed by atoms with van der Waals surface area (Å²) in [5.74, 6) is 1.30. The van der Waals surface area contributed by atoms with Crippen LogP contribution in [0.15, 0.2) is 60.7 Å². The Hall–Kier alpha value is -3.15. The van der Waals surface area contributed by atoms with Gasteiger partial charge in [-0.25, -0.2) is 0 Å². The number of carbonyl (C=O) groups excluding carboxylic acids is 1. The van der Waals surface area contributed by atoms with Gasteiger partial charge in [-0.15, -0.1) is 24.8 Å². The summed E-state index contributed by atoms with van der Waals surface area (Å²) in [5, 5.41) is 0. The Morgan fingerprint density at radius 2 is 1.55 bits per heavy atom. The van der Waals surface area contributed by atoms with Crippen molar-refractivity contribution in [2.45, 2.75) is 64.8 Å². The lowest BCUT2D eigenvalue weighted by molar-refractivity contribution is -0.177. The molecule has 10 nitrogen and oxygen atoms in total. The molecule has 0 N–H and O–H groups in total. The molecular formula is C37H51Cl2N5O5. The smallest absolute Gasteiger partial charge is 0.323 e. The van der Waals surface area contributed by atoms with Crippen LogP contribution in [0.1, 0.15) is 56.7 Å². The lowest BCUT2D eigenvalue weighted by Gasteiger charge is -2.55. The molecule has 1 aromatic heterocycles. The van der Waals surface area contributed by atoms with Crippen LogP contribution in [0.5, 0.6) is 17.8 Å². The molecule has 0 bridgehead atoms. The summed E-state index contributed by atoms with van der Waals surface area (Å²) in [6.45, 7) is 13.8. The number of rotatable bonds is 12. The predicted molar refractivity (Wildman–Crippen MR) is 194 cm³/mol. The summed E-state index contributed by atoms with van der Waals surface area (Å²) in [6, 6.07) is 22.2. The molecule has 2 atom stereocenters. The van der Waals surface area contributed by atoms with Crippen molar-refractivity contribution in [2.75, 3.05) is 59.7 Å². The fourth-order valence-electron chi connectivity index (χ4n) is 7.41. The summed E-state index contributed by atoms with van der Waals surface area (Å²) in [6.07, 6.45) is 0.707. The van der Waals surface area contributed by atoms with Gasteiger partial charge in [-0.1, -0.05) is 67.6 Å². The topological polar surface area (TPSA) is 89.5 Å². The van der Waals surface area contributed by atoms with Crippen molar-refractivity contribution in [1.82, 2.24) is 24.7 Å². The Bertz CT molecular complexity index is 1450. The summed E-state index contributed by atoms with van der Waals surface area (Å²) >= 11 is 0. The second-order valence-electron chi connectivity index (χ2n) is 13.2. The molecule has 3 fully saturated rings. The molecule has 12 heteroatoms. The van der Waals surface area contributed by atoms with E-state index in [1.807, 2.05) is 20.8 Å². The number of benzene rings is 2. The summed E-state index contributed by atoms with van der Waals surface area (Å²) in [5.41, 5.74) is 2.98. The molecule has 3 aliphatic heterocycles. The van der Waals surface area contributed by atoms with Gasteiger partial charge in [0.25, 0.3) is 0 Å². The van der Waals surface area contributed by atoms with Crippen LogP contribution < -0.4 is 14.2 Å². The fraction of sp³-hybridized carbons (Fsp3) is 0.541. The minimum atomic E-state index is -0.386. The van der Waals surface area contributed by atoms with Crippen molar-refractivity contribution in [1.29, 1.82) is 0 Å². The predicted octanol–water partition coefficient (Wildman–Crippen LogP) is 5.47. The molecule has 49 heavy (non-hydrogen) atoms. The molecule has 2 unspecified atom stereocenters.